The second-order valence-corrected chi connectivity index (χ2v) is 6.70. The molecule has 102 valence electrons. The third-order valence-electron chi connectivity index (χ3n) is 2.70. The van der Waals surface area contributed by atoms with Gasteiger partial charge in [-0.25, -0.2) is 0 Å². The predicted molar refractivity (Wildman–Crippen MR) is 78.7 cm³/mol. The normalized spacial score (nSPS) is 12.5. The molecule has 2 heterocycles. The number of thioether (sulfide) groups is 1. The zero-order chi connectivity index (χ0) is 13.9. The lowest BCUT2D eigenvalue weighted by Crippen LogP contribution is -1.88. The maximum Gasteiger partial charge on any atom is 0.247 e. The van der Waals surface area contributed by atoms with Crippen LogP contribution in [0.15, 0.2) is 38.5 Å². The van der Waals surface area contributed by atoms with Gasteiger partial charge in [0.25, 0.3) is 0 Å². The molecule has 3 rings (SSSR count). The summed E-state index contributed by atoms with van der Waals surface area (Å²) in [6.45, 7) is 4.06. The van der Waals surface area contributed by atoms with E-state index in [1.165, 1.54) is 16.9 Å². The van der Waals surface area contributed by atoms with Gasteiger partial charge in [-0.15, -0.1) is 20.4 Å². The Labute approximate surface area is 124 Å². The van der Waals surface area contributed by atoms with Gasteiger partial charge in [0.05, 0.1) is 5.25 Å². The zero-order valence-corrected chi connectivity index (χ0v) is 12.6. The number of nitrogens with zero attached hydrogens (tertiary/aromatic N) is 4. The highest BCUT2D eigenvalue weighted by atomic mass is 32.2. The van der Waals surface area contributed by atoms with Crippen molar-refractivity contribution in [1.29, 1.82) is 0 Å². The number of aromatic nitrogens is 4. The van der Waals surface area contributed by atoms with Crippen LogP contribution in [0.2, 0.25) is 0 Å². The first-order chi connectivity index (χ1) is 9.72. The molecule has 2 aromatic heterocycles. The molecular formula is C13H12N4OS2. The van der Waals surface area contributed by atoms with Gasteiger partial charge < -0.3 is 4.42 Å². The lowest BCUT2D eigenvalue weighted by molar-refractivity contribution is 0.509. The van der Waals surface area contributed by atoms with Crippen LogP contribution in [0.4, 0.5) is 0 Å². The minimum absolute atomic E-state index is 0.0506. The molecule has 0 aliphatic heterocycles. The van der Waals surface area contributed by atoms with Gasteiger partial charge in [-0.3, -0.25) is 0 Å². The predicted octanol–water partition coefficient (Wildman–Crippen LogP) is 3.75. The van der Waals surface area contributed by atoms with Crippen LogP contribution in [0.5, 0.6) is 0 Å². The van der Waals surface area contributed by atoms with Crippen molar-refractivity contribution in [2.75, 3.05) is 0 Å². The fourth-order valence-electron chi connectivity index (χ4n) is 1.63. The van der Waals surface area contributed by atoms with Crippen molar-refractivity contribution in [3.8, 4) is 11.5 Å². The first-order valence-electron chi connectivity index (χ1n) is 6.05. The van der Waals surface area contributed by atoms with E-state index < -0.39 is 0 Å². The third-order valence-corrected chi connectivity index (χ3v) is 4.60. The molecule has 3 aromatic rings. The Morgan fingerprint density at radius 3 is 2.65 bits per heavy atom. The van der Waals surface area contributed by atoms with E-state index in [-0.39, 0.29) is 5.25 Å². The number of rotatable bonds is 4. The molecule has 0 amide bonds. The summed E-state index contributed by atoms with van der Waals surface area (Å²) >= 11 is 3.06. The number of aryl methyl sites for hydroxylation is 1. The van der Waals surface area contributed by atoms with E-state index in [0.29, 0.717) is 11.8 Å². The van der Waals surface area contributed by atoms with E-state index >= 15 is 0 Å². The second-order valence-electron chi connectivity index (χ2n) is 4.28. The zero-order valence-electron chi connectivity index (χ0n) is 11.0. The molecule has 5 nitrogen and oxygen atoms in total. The van der Waals surface area contributed by atoms with Crippen LogP contribution in [0.25, 0.3) is 11.5 Å². The summed E-state index contributed by atoms with van der Waals surface area (Å²) in [5.41, 5.74) is 3.84. The molecule has 0 bridgehead atoms. The van der Waals surface area contributed by atoms with Gasteiger partial charge in [0.1, 0.15) is 5.51 Å². The molecule has 0 aliphatic carbocycles. The average molecular weight is 304 g/mol. The number of hydrogen-bond acceptors (Lipinski definition) is 7. The first-order valence-corrected chi connectivity index (χ1v) is 7.81. The van der Waals surface area contributed by atoms with E-state index in [1.54, 1.807) is 17.3 Å². The lowest BCUT2D eigenvalue weighted by Gasteiger charge is -2.02. The van der Waals surface area contributed by atoms with Crippen LogP contribution in [-0.2, 0) is 0 Å². The average Bonchev–Trinajstić information content (AvgIpc) is 3.10. The minimum atomic E-state index is 0.0506. The molecule has 0 saturated heterocycles. The summed E-state index contributed by atoms with van der Waals surface area (Å²) in [5.74, 6) is 1.14. The van der Waals surface area contributed by atoms with Gasteiger partial charge in [0, 0.05) is 5.56 Å². The fraction of sp³-hybridized carbons (Fsp3) is 0.231. The molecule has 0 radical (unpaired) electrons. The Kier molecular flexibility index (Phi) is 3.79. The quantitative estimate of drug-likeness (QED) is 0.684. The minimum Gasteiger partial charge on any atom is -0.419 e. The highest BCUT2D eigenvalue weighted by molar-refractivity contribution is 8.01. The first kappa shape index (κ1) is 13.3. The topological polar surface area (TPSA) is 64.7 Å². The Morgan fingerprint density at radius 1 is 1.15 bits per heavy atom. The Morgan fingerprint density at radius 2 is 1.95 bits per heavy atom. The molecule has 20 heavy (non-hydrogen) atoms. The summed E-state index contributed by atoms with van der Waals surface area (Å²) in [5, 5.41) is 16.1. The molecule has 7 heteroatoms. The fourth-order valence-corrected chi connectivity index (χ4v) is 3.28. The van der Waals surface area contributed by atoms with Crippen LogP contribution in [0.3, 0.4) is 0 Å². The van der Waals surface area contributed by atoms with Gasteiger partial charge in [-0.05, 0) is 26.0 Å². The van der Waals surface area contributed by atoms with Gasteiger partial charge in [0.15, 0.2) is 4.34 Å². The Hall–Kier alpha value is -1.73. The summed E-state index contributed by atoms with van der Waals surface area (Å²) < 4.78 is 6.63. The molecule has 0 spiro atoms. The van der Waals surface area contributed by atoms with Crippen molar-refractivity contribution in [2.24, 2.45) is 0 Å². The second kappa shape index (κ2) is 5.72. The van der Waals surface area contributed by atoms with Gasteiger partial charge in [-0.1, -0.05) is 40.8 Å². The van der Waals surface area contributed by atoms with Crippen LogP contribution in [0, 0.1) is 6.92 Å². The molecule has 0 aliphatic rings. The van der Waals surface area contributed by atoms with Gasteiger partial charge >= 0.3 is 0 Å². The lowest BCUT2D eigenvalue weighted by atomic mass is 10.1. The van der Waals surface area contributed by atoms with Crippen molar-refractivity contribution in [2.45, 2.75) is 23.4 Å². The summed E-state index contributed by atoms with van der Waals surface area (Å²) in [6, 6.07) is 8.02. The molecule has 1 atom stereocenters. The van der Waals surface area contributed by atoms with E-state index in [1.807, 2.05) is 38.1 Å². The van der Waals surface area contributed by atoms with Crippen molar-refractivity contribution >= 4 is 23.1 Å². The maximum atomic E-state index is 5.73. The highest BCUT2D eigenvalue weighted by Gasteiger charge is 2.17. The van der Waals surface area contributed by atoms with Crippen LogP contribution in [-0.4, -0.2) is 20.4 Å². The van der Waals surface area contributed by atoms with Crippen LogP contribution < -0.4 is 0 Å². The van der Waals surface area contributed by atoms with Gasteiger partial charge in [-0.2, -0.15) is 0 Å². The van der Waals surface area contributed by atoms with Crippen LogP contribution >= 0.6 is 23.1 Å². The maximum absolute atomic E-state index is 5.73. The monoisotopic (exact) mass is 304 g/mol. The molecule has 0 N–H and O–H groups in total. The third kappa shape index (κ3) is 2.88. The molecule has 0 unspecified atom stereocenters. The molecular weight excluding hydrogens is 292 g/mol. The molecule has 1 aromatic carbocycles. The van der Waals surface area contributed by atoms with E-state index in [2.05, 4.69) is 20.4 Å². The Balaban J connectivity index is 1.77. The number of hydrogen-bond donors (Lipinski definition) is 0. The summed E-state index contributed by atoms with van der Waals surface area (Å²) in [7, 11) is 0. The number of benzene rings is 1. The largest absolute Gasteiger partial charge is 0.419 e. The van der Waals surface area contributed by atoms with E-state index in [4.69, 9.17) is 4.42 Å². The van der Waals surface area contributed by atoms with Crippen LogP contribution in [0.1, 0.15) is 23.6 Å². The van der Waals surface area contributed by atoms with Gasteiger partial charge in [0.2, 0.25) is 11.8 Å². The van der Waals surface area contributed by atoms with Crippen molar-refractivity contribution in [1.82, 2.24) is 20.4 Å². The molecule has 0 saturated carbocycles. The standard InChI is InChI=1S/C13H12N4OS2/c1-8-3-5-10(6-4-8)12-16-15-11(18-12)9(2)20-13-17-14-7-19-13/h3-7,9H,1-2H3/t9-/m0/s1. The molecule has 0 fully saturated rings. The summed E-state index contributed by atoms with van der Waals surface area (Å²) in [6.07, 6.45) is 0. The van der Waals surface area contributed by atoms with Crippen molar-refractivity contribution < 1.29 is 4.42 Å². The van der Waals surface area contributed by atoms with E-state index in [0.717, 1.165) is 9.90 Å². The summed E-state index contributed by atoms with van der Waals surface area (Å²) in [4.78, 5) is 0. The van der Waals surface area contributed by atoms with Crippen molar-refractivity contribution in [3.63, 3.8) is 0 Å². The Bertz CT molecular complexity index is 679. The SMILES string of the molecule is Cc1ccc(-c2nnc([C@H](C)Sc3nncs3)o2)cc1. The smallest absolute Gasteiger partial charge is 0.247 e. The highest BCUT2D eigenvalue weighted by Crippen LogP contribution is 2.35. The van der Waals surface area contributed by atoms with E-state index in [9.17, 15) is 0 Å². The van der Waals surface area contributed by atoms with Crippen molar-refractivity contribution in [3.05, 3.63) is 41.2 Å².